The van der Waals surface area contributed by atoms with Gasteiger partial charge in [-0.3, -0.25) is 57.5 Å². The number of carbonyl (C=O) groups excluding carboxylic acids is 12. The molecular weight excluding hydrogens is 1420 g/mol. The third-order valence-corrected chi connectivity index (χ3v) is 25.1. The normalized spacial score (nSPS) is 33.4. The molecule has 0 aromatic carbocycles. The van der Waals surface area contributed by atoms with E-state index in [1.807, 2.05) is 13.8 Å². The summed E-state index contributed by atoms with van der Waals surface area (Å²) >= 11 is 0. The van der Waals surface area contributed by atoms with Gasteiger partial charge in [-0.2, -0.15) is 26.3 Å². The number of morpholine rings is 1. The predicted octanol–water partition coefficient (Wildman–Crippen LogP) is 5.80. The van der Waals surface area contributed by atoms with E-state index in [1.165, 1.54) is 61.9 Å². The number of ether oxygens (including phenoxy) is 1. The molecule has 33 heteroatoms. The van der Waals surface area contributed by atoms with E-state index in [0.717, 1.165) is 24.5 Å². The number of hydrogen-bond acceptors (Lipinski definition) is 13. The van der Waals surface area contributed by atoms with Crippen molar-refractivity contribution in [3.8, 4) is 0 Å². The van der Waals surface area contributed by atoms with Crippen LogP contribution in [0.5, 0.6) is 0 Å². The second-order valence-electron chi connectivity index (χ2n) is 32.2. The fraction of sp³-hybridized carbons (Fsp3) is 0.838. The lowest BCUT2D eigenvalue weighted by Gasteiger charge is -2.47. The number of rotatable bonds is 10. The molecule has 4 heterocycles. The van der Waals surface area contributed by atoms with Gasteiger partial charge in [0.25, 0.3) is 0 Å². The number of likely N-dealkylation sites (N-methyl/N-ethyl adjacent to an activating group) is 6. The number of fused-ring (bicyclic) bond motifs is 3. The lowest BCUT2D eigenvalue weighted by Crippen LogP contribution is -2.68. The summed E-state index contributed by atoms with van der Waals surface area (Å²) in [6, 6.07) is -11.0. The Kier molecular flexibility index (Phi) is 29.0. The molecule has 8 rings (SSSR count). The van der Waals surface area contributed by atoms with Gasteiger partial charge in [0.2, 0.25) is 70.9 Å². The summed E-state index contributed by atoms with van der Waals surface area (Å²) in [5, 5.41) is 8.40. The quantitative estimate of drug-likeness (QED) is 0.219. The maximum Gasteiger partial charge on any atom is 0.397 e. The third kappa shape index (κ3) is 20.0. The summed E-state index contributed by atoms with van der Waals surface area (Å²) in [5.41, 5.74) is -1.64. The molecular formula is C74H114F8N12O13. The summed E-state index contributed by atoms with van der Waals surface area (Å²) in [6.07, 6.45) is -15.0. The first-order chi connectivity index (χ1) is 50.2. The zero-order valence-electron chi connectivity index (χ0n) is 64.0. The molecule has 2 bridgehead atoms. The Balaban J connectivity index is 1.18. The molecule has 0 aromatic rings. The zero-order chi connectivity index (χ0) is 79.1. The number of nitrogens with zero attached hydrogens (tertiary/aromatic N) is 9. The van der Waals surface area contributed by atoms with Crippen molar-refractivity contribution in [2.75, 3.05) is 94.8 Å². The van der Waals surface area contributed by atoms with Gasteiger partial charge in [0.15, 0.2) is 0 Å². The summed E-state index contributed by atoms with van der Waals surface area (Å²) < 4.78 is 121. The van der Waals surface area contributed by atoms with Crippen LogP contribution < -0.4 is 16.0 Å². The molecule has 2 unspecified atom stereocenters. The summed E-state index contributed by atoms with van der Waals surface area (Å²) in [5.74, 6) is -17.0. The fourth-order valence-electron chi connectivity index (χ4n) is 17.6. The van der Waals surface area contributed by atoms with Crippen LogP contribution in [-0.2, 0) is 62.3 Å². The molecule has 13 atom stereocenters. The van der Waals surface area contributed by atoms with Crippen LogP contribution >= 0.6 is 0 Å². The van der Waals surface area contributed by atoms with Crippen LogP contribution in [0.1, 0.15) is 176 Å². The Labute approximate surface area is 622 Å². The molecule has 3 N–H and O–H groups in total. The van der Waals surface area contributed by atoms with E-state index in [2.05, 4.69) is 16.0 Å². The number of halogens is 8. The van der Waals surface area contributed by atoms with Gasteiger partial charge < -0.3 is 64.8 Å². The monoisotopic (exact) mass is 1530 g/mol. The molecule has 12 amide bonds. The molecule has 107 heavy (non-hydrogen) atoms. The van der Waals surface area contributed by atoms with Gasteiger partial charge in [-0.25, -0.2) is 8.78 Å². The third-order valence-electron chi connectivity index (χ3n) is 25.1. The van der Waals surface area contributed by atoms with Gasteiger partial charge in [0.05, 0.1) is 38.6 Å². The zero-order valence-corrected chi connectivity index (χ0v) is 64.0. The van der Waals surface area contributed by atoms with Crippen molar-refractivity contribution in [2.24, 2.45) is 47.3 Å². The average Bonchev–Trinajstić information content (AvgIpc) is 1.59. The number of alkyl halides is 8. The standard InChI is InChI=1S/C74H114F8N12O13/c1-12-42(3)61-69(104)87(7)41-59(97)89(9)54-34-43(4)44(5)39-94(68(54)103)56(37-45-21-24-48(25-22-45)73(77,78)79)66(101)86(6)40-57(95)83-51(26-23-46-35-49(75)60(50(76)36-46)74(80,81)82)65(100)93-29-16-20-53(93)64(99)85-72(27-17-28-72)71(106)91(11)62(47-18-14-15-19-47)70(105)90(10)55(67(102)92-30-32-107-33-31-92)38-58(96)88(8)52(13-2)63(98)84-61/h42-56,60-62H,12-41H2,1-11H3,(H,83,95)(H,84,98)(H,85,99)/t42-,43+,44-,45?,46?,48?,49?,50?,51-,52-,53-,54-,55-,56-,60?,61-,62-/m0/s1. The average molecular weight is 1530 g/mol. The molecule has 8 aliphatic rings. The van der Waals surface area contributed by atoms with Crippen molar-refractivity contribution in [3.05, 3.63) is 0 Å². The minimum atomic E-state index is -5.20. The summed E-state index contributed by atoms with van der Waals surface area (Å²) in [4.78, 5) is 192. The molecule has 4 saturated heterocycles. The SMILES string of the molecule is CC[C@H](C)[C@@H]1NC(=O)[C@H](CC)N(C)C(=O)C[C@@H](C(=O)N2CCOCC2)N(C)C(=O)[C@H](C2CCCC2)N(C)C(=O)C2(CCC2)NC(=O)[C@@H]2CCCN2C(=O)[C@H](CCC2CC(F)C(C(F)(F)F)C(F)C2)NC(=O)CN(C)C(=O)[C@H](CC2CCC(C(F)(F)F)CC2)N2C[C@H](C)[C@H](C)C[C@@H](C2=O)N(C)C(=O)CN(C)C1=O. The van der Waals surface area contributed by atoms with Crippen molar-refractivity contribution in [1.29, 1.82) is 0 Å². The van der Waals surface area contributed by atoms with Gasteiger partial charge in [-0.1, -0.05) is 53.9 Å². The molecule has 4 saturated carbocycles. The van der Waals surface area contributed by atoms with Crippen molar-refractivity contribution in [2.45, 2.75) is 254 Å². The molecule has 4 aliphatic carbocycles. The van der Waals surface area contributed by atoms with Gasteiger partial charge in [-0.05, 0) is 151 Å². The van der Waals surface area contributed by atoms with Crippen molar-refractivity contribution in [1.82, 2.24) is 60.0 Å². The largest absolute Gasteiger partial charge is 0.397 e. The number of hydrogen-bond donors (Lipinski definition) is 3. The van der Waals surface area contributed by atoms with Crippen LogP contribution in [0, 0.1) is 47.3 Å². The van der Waals surface area contributed by atoms with Crippen molar-refractivity contribution >= 4 is 70.9 Å². The Bertz CT molecular complexity index is 3190. The highest BCUT2D eigenvalue weighted by Gasteiger charge is 2.56. The molecule has 1 spiro atoms. The van der Waals surface area contributed by atoms with E-state index in [0.29, 0.717) is 38.5 Å². The first-order valence-electron chi connectivity index (χ1n) is 38.6. The minimum absolute atomic E-state index is 0.00260. The van der Waals surface area contributed by atoms with Gasteiger partial charge in [0.1, 0.15) is 72.1 Å². The van der Waals surface area contributed by atoms with Gasteiger partial charge in [0, 0.05) is 68.5 Å². The van der Waals surface area contributed by atoms with Gasteiger partial charge in [-0.15, -0.1) is 0 Å². The first kappa shape index (κ1) is 85.6. The number of carbonyl (C=O) groups is 12. The molecule has 25 nitrogen and oxygen atoms in total. The summed E-state index contributed by atoms with van der Waals surface area (Å²) in [7, 11) is 8.09. The Hall–Kier alpha value is -6.96. The van der Waals surface area contributed by atoms with Crippen LogP contribution in [0.4, 0.5) is 35.1 Å². The maximum absolute atomic E-state index is 15.6. The molecule has 4 aliphatic heterocycles. The lowest BCUT2D eigenvalue weighted by molar-refractivity contribution is -0.219. The van der Waals surface area contributed by atoms with E-state index >= 15 is 37.5 Å². The van der Waals surface area contributed by atoms with Crippen LogP contribution in [0.2, 0.25) is 0 Å². The predicted molar refractivity (Wildman–Crippen MR) is 374 cm³/mol. The van der Waals surface area contributed by atoms with E-state index in [9.17, 15) is 55.1 Å². The topological polar surface area (TPSA) is 279 Å². The molecule has 8 fully saturated rings. The Morgan fingerprint density at radius 1 is 0.589 bits per heavy atom. The van der Waals surface area contributed by atoms with E-state index < -0.39 is 224 Å². The number of amides is 12. The summed E-state index contributed by atoms with van der Waals surface area (Å²) in [6.45, 7) is 7.66. The van der Waals surface area contributed by atoms with E-state index in [1.54, 1.807) is 20.8 Å². The van der Waals surface area contributed by atoms with E-state index in [-0.39, 0.29) is 128 Å². The van der Waals surface area contributed by atoms with Crippen LogP contribution in [0.15, 0.2) is 0 Å². The lowest BCUT2D eigenvalue weighted by atomic mass is 9.74. The Morgan fingerprint density at radius 3 is 1.78 bits per heavy atom. The van der Waals surface area contributed by atoms with Crippen LogP contribution in [0.3, 0.4) is 0 Å². The first-order valence-corrected chi connectivity index (χ1v) is 38.6. The van der Waals surface area contributed by atoms with Crippen LogP contribution in [0.25, 0.3) is 0 Å². The smallest absolute Gasteiger partial charge is 0.378 e. The van der Waals surface area contributed by atoms with Crippen molar-refractivity contribution in [3.63, 3.8) is 0 Å². The molecule has 0 aromatic heterocycles. The van der Waals surface area contributed by atoms with Crippen molar-refractivity contribution < 1.29 is 97.4 Å². The van der Waals surface area contributed by atoms with Gasteiger partial charge >= 0.3 is 12.4 Å². The van der Waals surface area contributed by atoms with Crippen LogP contribution in [-0.4, -0.2) is 288 Å². The van der Waals surface area contributed by atoms with E-state index in [4.69, 9.17) is 4.74 Å². The highest BCUT2D eigenvalue weighted by molar-refractivity contribution is 6.01. The Morgan fingerprint density at radius 2 is 1.21 bits per heavy atom. The molecule has 604 valence electrons. The highest BCUT2D eigenvalue weighted by Crippen LogP contribution is 2.46. The maximum atomic E-state index is 15.6. The highest BCUT2D eigenvalue weighted by atomic mass is 19.4. The second-order valence-corrected chi connectivity index (χ2v) is 32.2. The second kappa shape index (κ2) is 36.3. The fourth-order valence-corrected chi connectivity index (χ4v) is 17.6. The number of nitrogens with one attached hydrogen (secondary N) is 3. The molecule has 0 radical (unpaired) electrons. The minimum Gasteiger partial charge on any atom is -0.378 e.